The lowest BCUT2D eigenvalue weighted by Crippen LogP contribution is -2.48. The van der Waals surface area contributed by atoms with Crippen LogP contribution in [0.25, 0.3) is 89.8 Å². The molecular formula is C45H23B7N4O. The second-order valence-electron chi connectivity index (χ2n) is 13.6. The van der Waals surface area contributed by atoms with Crippen LogP contribution >= 0.6 is 0 Å². The van der Waals surface area contributed by atoms with Gasteiger partial charge >= 0.3 is 0 Å². The summed E-state index contributed by atoms with van der Waals surface area (Å²) in [4.78, 5) is 14.8. The van der Waals surface area contributed by atoms with E-state index in [0.29, 0.717) is 72.8 Å². The van der Waals surface area contributed by atoms with Gasteiger partial charge in [-0.1, -0.05) is 132 Å². The fraction of sp³-hybridized carbons (Fsp3) is 0. The number of aromatic nitrogens is 4. The monoisotopic (exact) mass is 712 g/mol. The molecule has 250 valence electrons. The van der Waals surface area contributed by atoms with Gasteiger partial charge in [-0.2, -0.15) is 0 Å². The molecule has 0 aliphatic rings. The first-order valence-corrected chi connectivity index (χ1v) is 18.0. The summed E-state index contributed by atoms with van der Waals surface area (Å²) in [5.41, 5.74) is 7.15. The van der Waals surface area contributed by atoms with Crippen molar-refractivity contribution in [2.24, 2.45) is 0 Å². The number of nitrogens with zero attached hydrogens (tertiary/aromatic N) is 4. The Morgan fingerprint density at radius 3 is 1.56 bits per heavy atom. The van der Waals surface area contributed by atoms with E-state index in [1.54, 1.807) is 18.2 Å². The highest BCUT2D eigenvalue weighted by Gasteiger charge is 2.28. The van der Waals surface area contributed by atoms with Crippen molar-refractivity contribution < 1.29 is 4.42 Å². The van der Waals surface area contributed by atoms with Crippen LogP contribution in [0.15, 0.2) is 132 Å². The zero-order valence-electron chi connectivity index (χ0n) is 30.6. The Bertz CT molecular complexity index is 3050. The van der Waals surface area contributed by atoms with E-state index in [2.05, 4.69) is 6.58 Å². The van der Waals surface area contributed by atoms with Gasteiger partial charge in [0.25, 0.3) is 0 Å². The highest BCUT2D eigenvalue weighted by atomic mass is 16.3. The Hall–Kier alpha value is -6.40. The Labute approximate surface area is 339 Å². The highest BCUT2D eigenvalue weighted by Crippen LogP contribution is 2.40. The van der Waals surface area contributed by atoms with Crippen molar-refractivity contribution in [2.75, 3.05) is 0 Å². The minimum absolute atomic E-state index is 0.119. The quantitative estimate of drug-likeness (QED) is 0.189. The molecular weight excluding hydrogens is 688 g/mol. The number of rotatable bonds is 7. The maximum absolute atomic E-state index is 7.01. The normalized spacial score (nSPS) is 11.6. The molecule has 12 heteroatoms. The molecule has 0 unspecified atom stereocenters. The van der Waals surface area contributed by atoms with Gasteiger partial charge in [-0.05, 0) is 35.4 Å². The zero-order chi connectivity index (χ0) is 39.5. The molecule has 0 aliphatic heterocycles. The van der Waals surface area contributed by atoms with Crippen molar-refractivity contribution in [3.63, 3.8) is 0 Å². The first-order valence-electron chi connectivity index (χ1n) is 18.0. The molecule has 5 nitrogen and oxygen atoms in total. The van der Waals surface area contributed by atoms with Crippen LogP contribution in [-0.4, -0.2) is 74.4 Å². The fourth-order valence-electron chi connectivity index (χ4n) is 7.49. The minimum Gasteiger partial charge on any atom is -0.454 e. The summed E-state index contributed by atoms with van der Waals surface area (Å²) >= 11 is 0. The molecule has 3 aromatic heterocycles. The van der Waals surface area contributed by atoms with E-state index in [4.69, 9.17) is 74.3 Å². The summed E-state index contributed by atoms with van der Waals surface area (Å²) in [6.45, 7) is 3.89. The summed E-state index contributed by atoms with van der Waals surface area (Å²) in [6, 6.07) is 34.9. The molecule has 0 aliphatic carbocycles. The van der Waals surface area contributed by atoms with E-state index in [9.17, 15) is 0 Å². The van der Waals surface area contributed by atoms with E-state index in [1.807, 2.05) is 114 Å². The van der Waals surface area contributed by atoms with Crippen LogP contribution in [0.5, 0.6) is 0 Å². The van der Waals surface area contributed by atoms with Gasteiger partial charge in [0.15, 0.2) is 23.2 Å². The first kappa shape index (κ1) is 36.3. The summed E-state index contributed by atoms with van der Waals surface area (Å²) in [7, 11) is 47.6. The van der Waals surface area contributed by atoms with Gasteiger partial charge < -0.3 is 8.98 Å². The number of allylic oxidation sites excluding steroid dienone is 2. The van der Waals surface area contributed by atoms with Crippen LogP contribution in [0.1, 0.15) is 5.76 Å². The van der Waals surface area contributed by atoms with Crippen LogP contribution in [0.3, 0.4) is 0 Å². The van der Waals surface area contributed by atoms with Crippen molar-refractivity contribution in [3.05, 3.63) is 134 Å². The SMILES string of the molecule is [B]c1c([B])c([B])c2c(c1[B])c1c(-c3ccccc3)c([B])c([B])c([B])c1n2-c1c(/C=C\C=C)oc2ccc(-c3nc(-c4ccccc4)nc(-c4ccccc4)n3)cc12. The smallest absolute Gasteiger partial charge is 0.164 e. The van der Waals surface area contributed by atoms with Crippen LogP contribution in [0.4, 0.5) is 0 Å². The van der Waals surface area contributed by atoms with Crippen LogP contribution < -0.4 is 38.2 Å². The van der Waals surface area contributed by atoms with Crippen molar-refractivity contribution in [1.29, 1.82) is 0 Å². The second kappa shape index (κ2) is 14.3. The Kier molecular flexibility index (Phi) is 9.08. The third-order valence-electron chi connectivity index (χ3n) is 10.2. The lowest BCUT2D eigenvalue weighted by molar-refractivity contribution is 0.602. The topological polar surface area (TPSA) is 56.7 Å². The number of hydrogen-bond acceptors (Lipinski definition) is 4. The second-order valence-corrected chi connectivity index (χ2v) is 13.6. The van der Waals surface area contributed by atoms with Crippen molar-refractivity contribution in [3.8, 4) is 51.0 Å². The summed E-state index contributed by atoms with van der Waals surface area (Å²) < 4.78 is 8.49. The van der Waals surface area contributed by atoms with E-state index in [1.165, 1.54) is 0 Å². The third kappa shape index (κ3) is 5.85. The molecule has 6 aromatic carbocycles. The zero-order valence-corrected chi connectivity index (χ0v) is 30.6. The molecule has 9 aromatic rings. The summed E-state index contributed by atoms with van der Waals surface area (Å²) in [6.07, 6.45) is 5.23. The third-order valence-corrected chi connectivity index (χ3v) is 10.2. The molecule has 57 heavy (non-hydrogen) atoms. The van der Waals surface area contributed by atoms with Crippen molar-refractivity contribution >= 4 is 132 Å². The van der Waals surface area contributed by atoms with Gasteiger partial charge in [0.1, 0.15) is 66.2 Å². The van der Waals surface area contributed by atoms with E-state index in [0.717, 1.165) is 16.7 Å². The number of furan rings is 1. The Morgan fingerprint density at radius 2 is 1.00 bits per heavy atom. The lowest BCUT2D eigenvalue weighted by atomic mass is 9.64. The molecule has 3 heterocycles. The molecule has 0 saturated heterocycles. The molecule has 9 rings (SSSR count). The minimum atomic E-state index is 0.119. The van der Waals surface area contributed by atoms with Crippen molar-refractivity contribution in [2.45, 2.75) is 0 Å². The molecule has 0 saturated carbocycles. The lowest BCUT2D eigenvalue weighted by Gasteiger charge is -2.18. The number of benzene rings is 6. The van der Waals surface area contributed by atoms with Gasteiger partial charge in [0.2, 0.25) is 0 Å². The number of hydrogen-bond donors (Lipinski definition) is 0. The fourth-order valence-corrected chi connectivity index (χ4v) is 7.49. The van der Waals surface area contributed by atoms with Gasteiger partial charge in [0, 0.05) is 43.9 Å². The highest BCUT2D eigenvalue weighted by molar-refractivity contribution is 6.69. The Morgan fingerprint density at radius 1 is 0.509 bits per heavy atom. The molecule has 0 amide bonds. The maximum Gasteiger partial charge on any atom is 0.164 e. The predicted molar refractivity (Wildman–Crippen MR) is 243 cm³/mol. The molecule has 0 fully saturated rings. The molecule has 0 bridgehead atoms. The average Bonchev–Trinajstić information content (AvgIpc) is 3.79. The van der Waals surface area contributed by atoms with Gasteiger partial charge in [0.05, 0.1) is 0 Å². The van der Waals surface area contributed by atoms with Gasteiger partial charge in [-0.3, -0.25) is 0 Å². The van der Waals surface area contributed by atoms with E-state index in [-0.39, 0.29) is 38.2 Å². The Balaban J connectivity index is 1.43. The molecule has 14 radical (unpaired) electrons. The van der Waals surface area contributed by atoms with Crippen LogP contribution in [-0.2, 0) is 0 Å². The molecule has 0 N–H and O–H groups in total. The van der Waals surface area contributed by atoms with Crippen molar-refractivity contribution in [1.82, 2.24) is 19.5 Å². The summed E-state index contributed by atoms with van der Waals surface area (Å²) in [5.74, 6) is 1.95. The largest absolute Gasteiger partial charge is 0.454 e. The number of fused-ring (bicyclic) bond motifs is 4. The average molecular weight is 711 g/mol. The van der Waals surface area contributed by atoms with E-state index >= 15 is 0 Å². The van der Waals surface area contributed by atoms with E-state index < -0.39 is 0 Å². The van der Waals surface area contributed by atoms with Crippen LogP contribution in [0.2, 0.25) is 0 Å². The van der Waals surface area contributed by atoms with Crippen LogP contribution in [0, 0.1) is 0 Å². The van der Waals surface area contributed by atoms with Gasteiger partial charge in [-0.15, -0.1) is 16.4 Å². The predicted octanol–water partition coefficient (Wildman–Crippen LogP) is 3.14. The maximum atomic E-state index is 7.01. The first-order chi connectivity index (χ1) is 27.7. The summed E-state index contributed by atoms with van der Waals surface area (Å²) in [5, 5.41) is 1.77. The molecule has 0 atom stereocenters. The standard InChI is InChI=1S/C45H23B7N4O/c1-2-3-19-29-40(27-22-26(20-21-28(27)57-29)45-54-43(24-15-9-5-10-16-24)53-44(55-45)25-17-11-6-12-18-25)56-41-31(32-34(47)35(48)37(50)39(52)42(32)56)30(23-13-7-4-8-14-23)33(46)36(49)38(41)51/h2-22H,1H2/b19-3-. The molecule has 0 spiro atoms. The van der Waals surface area contributed by atoms with Gasteiger partial charge in [-0.25, -0.2) is 15.0 Å².